The third-order valence-corrected chi connectivity index (χ3v) is 5.68. The molecule has 1 aliphatic rings. The Morgan fingerprint density at radius 2 is 1.90 bits per heavy atom. The van der Waals surface area contributed by atoms with E-state index in [4.69, 9.17) is 0 Å². The van der Waals surface area contributed by atoms with Gasteiger partial charge in [0.15, 0.2) is 0 Å². The molecule has 112 valence electrons. The van der Waals surface area contributed by atoms with Crippen molar-refractivity contribution in [2.24, 2.45) is 0 Å². The van der Waals surface area contributed by atoms with Crippen molar-refractivity contribution in [3.05, 3.63) is 24.3 Å². The Kier molecular flexibility index (Phi) is 5.01. The number of hydrogen-bond acceptors (Lipinski definition) is 3. The van der Waals surface area contributed by atoms with Crippen LogP contribution >= 0.6 is 15.9 Å². The van der Waals surface area contributed by atoms with Gasteiger partial charge in [0.1, 0.15) is 0 Å². The van der Waals surface area contributed by atoms with Crippen LogP contribution in [0.4, 0.5) is 14.5 Å². The number of halogens is 3. The second kappa shape index (κ2) is 6.39. The van der Waals surface area contributed by atoms with Gasteiger partial charge in [-0.2, -0.15) is 8.78 Å². The number of rotatable bonds is 4. The van der Waals surface area contributed by atoms with Crippen LogP contribution in [0.3, 0.4) is 0 Å². The molecule has 0 aromatic heterocycles. The first-order chi connectivity index (χ1) is 9.46. The highest BCUT2D eigenvalue weighted by atomic mass is 79.9. The maximum absolute atomic E-state index is 12.5. The standard InChI is InChI=1S/C13H16BrF2NO2S/c14-9-11-3-1-2-8-17(11)10-4-6-12(7-5-10)20(18,19)13(15)16/h4-7,11,13H,1-3,8-9H2. The molecule has 0 spiro atoms. The van der Waals surface area contributed by atoms with Crippen molar-refractivity contribution in [1.82, 2.24) is 0 Å². The van der Waals surface area contributed by atoms with Crippen LogP contribution < -0.4 is 4.90 Å². The third kappa shape index (κ3) is 3.14. The van der Waals surface area contributed by atoms with Crippen molar-refractivity contribution in [3.8, 4) is 0 Å². The van der Waals surface area contributed by atoms with Crippen molar-refractivity contribution in [2.45, 2.75) is 36.0 Å². The van der Waals surface area contributed by atoms with E-state index in [9.17, 15) is 17.2 Å². The van der Waals surface area contributed by atoms with Crippen LogP contribution in [0.15, 0.2) is 29.2 Å². The summed E-state index contributed by atoms with van der Waals surface area (Å²) in [6.45, 7) is 0.900. The predicted molar refractivity (Wildman–Crippen MR) is 78.4 cm³/mol. The molecule has 1 unspecified atom stereocenters. The Bertz CT molecular complexity index is 548. The third-order valence-electron chi connectivity index (χ3n) is 3.54. The van der Waals surface area contributed by atoms with E-state index >= 15 is 0 Å². The van der Waals surface area contributed by atoms with Crippen molar-refractivity contribution in [2.75, 3.05) is 16.8 Å². The normalized spacial score (nSPS) is 20.4. The van der Waals surface area contributed by atoms with Gasteiger partial charge in [-0.05, 0) is 43.5 Å². The number of sulfone groups is 1. The highest BCUT2D eigenvalue weighted by molar-refractivity contribution is 9.09. The van der Waals surface area contributed by atoms with Gasteiger partial charge in [0.2, 0.25) is 9.84 Å². The Labute approximate surface area is 126 Å². The lowest BCUT2D eigenvalue weighted by atomic mass is 10.0. The summed E-state index contributed by atoms with van der Waals surface area (Å²) in [5.74, 6) is -3.38. The maximum Gasteiger partial charge on any atom is 0.341 e. The molecule has 1 fully saturated rings. The fourth-order valence-electron chi connectivity index (χ4n) is 2.43. The minimum absolute atomic E-state index is 0.330. The number of anilines is 1. The van der Waals surface area contributed by atoms with E-state index in [0.717, 1.165) is 30.4 Å². The molecule has 1 aromatic carbocycles. The van der Waals surface area contributed by atoms with E-state index in [1.54, 1.807) is 12.1 Å². The molecule has 1 atom stereocenters. The van der Waals surface area contributed by atoms with Crippen LogP contribution in [0, 0.1) is 0 Å². The fourth-order valence-corrected chi connectivity index (χ4v) is 3.83. The van der Waals surface area contributed by atoms with Gasteiger partial charge in [0.05, 0.1) is 4.90 Å². The largest absolute Gasteiger partial charge is 0.368 e. The van der Waals surface area contributed by atoms with Gasteiger partial charge in [0.25, 0.3) is 0 Å². The molecule has 0 N–H and O–H groups in total. The number of benzene rings is 1. The van der Waals surface area contributed by atoms with Crippen molar-refractivity contribution >= 4 is 31.5 Å². The Morgan fingerprint density at radius 1 is 1.25 bits per heavy atom. The zero-order chi connectivity index (χ0) is 14.8. The number of alkyl halides is 3. The van der Waals surface area contributed by atoms with E-state index in [1.807, 2.05) is 0 Å². The first-order valence-corrected chi connectivity index (χ1v) is 9.08. The summed E-state index contributed by atoms with van der Waals surface area (Å²) in [5.41, 5.74) is 0.877. The maximum atomic E-state index is 12.5. The van der Waals surface area contributed by atoms with E-state index in [-0.39, 0.29) is 4.90 Å². The smallest absolute Gasteiger partial charge is 0.341 e. The Morgan fingerprint density at radius 3 is 2.45 bits per heavy atom. The summed E-state index contributed by atoms with van der Waals surface area (Å²) in [6, 6.07) is 6.10. The van der Waals surface area contributed by atoms with Crippen molar-refractivity contribution in [3.63, 3.8) is 0 Å². The number of nitrogens with zero attached hydrogens (tertiary/aromatic N) is 1. The van der Waals surface area contributed by atoms with Crippen LogP contribution in [0.5, 0.6) is 0 Å². The second-order valence-electron chi connectivity index (χ2n) is 4.80. The van der Waals surface area contributed by atoms with Crippen molar-refractivity contribution in [1.29, 1.82) is 0 Å². The zero-order valence-corrected chi connectivity index (χ0v) is 13.2. The van der Waals surface area contributed by atoms with Crippen LogP contribution in [-0.4, -0.2) is 32.1 Å². The number of hydrogen-bond donors (Lipinski definition) is 0. The molecule has 1 saturated heterocycles. The summed E-state index contributed by atoms with van der Waals surface area (Å²) in [5, 5.41) is 0.837. The van der Waals surface area contributed by atoms with Crippen LogP contribution in [-0.2, 0) is 9.84 Å². The van der Waals surface area contributed by atoms with Gasteiger partial charge < -0.3 is 4.90 Å². The lowest BCUT2D eigenvalue weighted by Crippen LogP contribution is -2.40. The molecular weight excluding hydrogens is 352 g/mol. The molecule has 3 nitrogen and oxygen atoms in total. The first-order valence-electron chi connectivity index (χ1n) is 6.41. The topological polar surface area (TPSA) is 37.4 Å². The quantitative estimate of drug-likeness (QED) is 0.765. The van der Waals surface area contributed by atoms with Crippen molar-refractivity contribution < 1.29 is 17.2 Å². The SMILES string of the molecule is O=S(=O)(c1ccc(N2CCCCC2CBr)cc1)C(F)F. The predicted octanol–water partition coefficient (Wildman–Crippen LogP) is 3.44. The summed E-state index contributed by atoms with van der Waals surface area (Å²) >= 11 is 3.48. The molecule has 0 amide bonds. The van der Waals surface area contributed by atoms with Gasteiger partial charge in [-0.3, -0.25) is 0 Å². The highest BCUT2D eigenvalue weighted by Gasteiger charge is 2.27. The second-order valence-corrected chi connectivity index (χ2v) is 7.36. The summed E-state index contributed by atoms with van der Waals surface area (Å²) < 4.78 is 47.7. The lowest BCUT2D eigenvalue weighted by molar-refractivity contribution is 0.234. The Hall–Kier alpha value is -0.690. The van der Waals surface area contributed by atoms with Gasteiger partial charge in [-0.15, -0.1) is 0 Å². The van der Waals surface area contributed by atoms with E-state index in [2.05, 4.69) is 20.8 Å². The molecule has 0 radical (unpaired) electrons. The molecule has 1 aliphatic heterocycles. The van der Waals surface area contributed by atoms with Crippen LogP contribution in [0.1, 0.15) is 19.3 Å². The fraction of sp³-hybridized carbons (Fsp3) is 0.538. The molecule has 1 heterocycles. The summed E-state index contributed by atoms with van der Waals surface area (Å²) in [4.78, 5) is 1.86. The molecule has 2 rings (SSSR count). The van der Waals surface area contributed by atoms with Gasteiger partial charge in [-0.1, -0.05) is 15.9 Å². The molecule has 0 bridgehead atoms. The van der Waals surface area contributed by atoms with E-state index in [1.165, 1.54) is 18.6 Å². The van der Waals surface area contributed by atoms with Crippen LogP contribution in [0.25, 0.3) is 0 Å². The van der Waals surface area contributed by atoms with E-state index in [0.29, 0.717) is 6.04 Å². The molecule has 1 aromatic rings. The molecule has 0 aliphatic carbocycles. The summed E-state index contributed by atoms with van der Waals surface area (Å²) in [7, 11) is -4.50. The average molecular weight is 368 g/mol. The van der Waals surface area contributed by atoms with Gasteiger partial charge in [0, 0.05) is 23.6 Å². The lowest BCUT2D eigenvalue weighted by Gasteiger charge is -2.36. The monoisotopic (exact) mass is 367 g/mol. The Balaban J connectivity index is 2.24. The van der Waals surface area contributed by atoms with Crippen LogP contribution in [0.2, 0.25) is 0 Å². The average Bonchev–Trinajstić information content (AvgIpc) is 2.47. The minimum atomic E-state index is -4.50. The molecule has 0 saturated carbocycles. The minimum Gasteiger partial charge on any atom is -0.368 e. The molecule has 7 heteroatoms. The zero-order valence-electron chi connectivity index (χ0n) is 10.8. The first kappa shape index (κ1) is 15.7. The van der Waals surface area contributed by atoms with Gasteiger partial charge in [-0.25, -0.2) is 8.42 Å². The highest BCUT2D eigenvalue weighted by Crippen LogP contribution is 2.28. The van der Waals surface area contributed by atoms with E-state index < -0.39 is 15.6 Å². The molecule has 20 heavy (non-hydrogen) atoms. The summed E-state index contributed by atoms with van der Waals surface area (Å²) in [6.07, 6.45) is 3.33. The van der Waals surface area contributed by atoms with Gasteiger partial charge >= 0.3 is 5.76 Å². The molecular formula is C13H16BrF2NO2S. The number of piperidine rings is 1.